The van der Waals surface area contributed by atoms with Crippen molar-refractivity contribution in [3.63, 3.8) is 0 Å². The summed E-state index contributed by atoms with van der Waals surface area (Å²) in [5.41, 5.74) is 0. The Morgan fingerprint density at radius 2 is 1.65 bits per heavy atom. The molecule has 0 aliphatic carbocycles. The molecule has 0 bridgehead atoms. The van der Waals surface area contributed by atoms with Crippen LogP contribution in [-0.4, -0.2) is 60.1 Å². The van der Waals surface area contributed by atoms with E-state index < -0.39 is 48.4 Å². The topological polar surface area (TPSA) is 100 Å². The maximum atomic E-state index is 11.4. The summed E-state index contributed by atoms with van der Waals surface area (Å²) in [6.45, 7) is 5.26. The smallest absolute Gasteiger partial charge is 0.303 e. The molecule has 0 radical (unpaired) electrons. The Kier molecular flexibility index (Phi) is 7.28. The van der Waals surface area contributed by atoms with Crippen molar-refractivity contribution in [3.05, 3.63) is 0 Å². The molecule has 0 aromatic heterocycles. The van der Waals surface area contributed by atoms with Gasteiger partial charge in [-0.25, -0.2) is 4.99 Å². The number of thiocarbonyl (C=S) groups is 1. The number of ether oxygens (including phenoxy) is 4. The SMILES string of the molecule is CC(=O)OCC1OC(C)C(OC(C)=O)C(N=C=S)C1OC(C)=O. The molecule has 1 aliphatic heterocycles. The Bertz CT molecular complexity index is 517. The van der Waals surface area contributed by atoms with Crippen molar-refractivity contribution in [1.82, 2.24) is 0 Å². The van der Waals surface area contributed by atoms with Gasteiger partial charge in [-0.05, 0) is 19.1 Å². The monoisotopic (exact) mass is 345 g/mol. The average molecular weight is 345 g/mol. The molecule has 1 fully saturated rings. The number of carbonyl (C=O) groups is 3. The van der Waals surface area contributed by atoms with E-state index in [2.05, 4.69) is 22.4 Å². The number of hydrogen-bond acceptors (Lipinski definition) is 9. The van der Waals surface area contributed by atoms with Gasteiger partial charge in [-0.1, -0.05) is 0 Å². The highest BCUT2D eigenvalue weighted by Gasteiger charge is 2.48. The van der Waals surface area contributed by atoms with E-state index in [1.807, 2.05) is 0 Å². The zero-order chi connectivity index (χ0) is 17.6. The molecule has 0 amide bonds. The summed E-state index contributed by atoms with van der Waals surface area (Å²) < 4.78 is 21.1. The van der Waals surface area contributed by atoms with Gasteiger partial charge in [-0.15, -0.1) is 0 Å². The second-order valence-corrected chi connectivity index (χ2v) is 5.22. The first-order valence-corrected chi connectivity index (χ1v) is 7.37. The predicted molar refractivity (Wildman–Crippen MR) is 80.9 cm³/mol. The van der Waals surface area contributed by atoms with Gasteiger partial charge in [-0.3, -0.25) is 14.4 Å². The fourth-order valence-corrected chi connectivity index (χ4v) is 2.47. The van der Waals surface area contributed by atoms with Crippen LogP contribution in [0.1, 0.15) is 27.7 Å². The van der Waals surface area contributed by atoms with Crippen molar-refractivity contribution in [2.24, 2.45) is 4.99 Å². The van der Waals surface area contributed by atoms with E-state index in [4.69, 9.17) is 18.9 Å². The second-order valence-electron chi connectivity index (χ2n) is 5.04. The van der Waals surface area contributed by atoms with Crippen LogP contribution in [0.4, 0.5) is 0 Å². The number of carbonyl (C=O) groups excluding carboxylic acids is 3. The minimum atomic E-state index is -0.928. The fraction of sp³-hybridized carbons (Fsp3) is 0.714. The van der Waals surface area contributed by atoms with Crippen LogP contribution in [0.15, 0.2) is 4.99 Å². The van der Waals surface area contributed by atoms with Crippen LogP contribution in [0.3, 0.4) is 0 Å². The van der Waals surface area contributed by atoms with Gasteiger partial charge in [0.2, 0.25) is 0 Å². The first kappa shape index (κ1) is 19.2. The predicted octanol–water partition coefficient (Wildman–Crippen LogP) is 0.672. The summed E-state index contributed by atoms with van der Waals surface area (Å²) in [6, 6.07) is -0.801. The summed E-state index contributed by atoms with van der Waals surface area (Å²) in [5.74, 6) is -1.61. The summed E-state index contributed by atoms with van der Waals surface area (Å²) in [4.78, 5) is 37.6. The lowest BCUT2D eigenvalue weighted by Gasteiger charge is -2.42. The molecule has 1 heterocycles. The standard InChI is InChI=1S/C14H19NO7S/c1-7-13(21-9(3)17)12(15-6-23)14(22-10(4)18)11(20-7)5-19-8(2)16/h7,11-14H,5H2,1-4H3. The first-order chi connectivity index (χ1) is 10.8. The Morgan fingerprint density at radius 3 is 2.13 bits per heavy atom. The second kappa shape index (κ2) is 8.71. The van der Waals surface area contributed by atoms with E-state index in [1.165, 1.54) is 20.8 Å². The molecule has 9 heteroatoms. The summed E-state index contributed by atoms with van der Waals surface area (Å²) in [6.07, 6.45) is -3.06. The maximum absolute atomic E-state index is 11.4. The number of hydrogen-bond donors (Lipinski definition) is 0. The lowest BCUT2D eigenvalue weighted by Crippen LogP contribution is -2.59. The molecule has 5 atom stereocenters. The average Bonchev–Trinajstić information content (AvgIpc) is 2.43. The molecule has 1 aliphatic rings. The van der Waals surface area contributed by atoms with E-state index in [0.29, 0.717) is 0 Å². The summed E-state index contributed by atoms with van der Waals surface area (Å²) in [5, 5.41) is 2.21. The molecule has 0 aromatic rings. The maximum Gasteiger partial charge on any atom is 0.303 e. The van der Waals surface area contributed by atoms with Crippen molar-refractivity contribution in [1.29, 1.82) is 0 Å². The van der Waals surface area contributed by atoms with Crippen LogP contribution < -0.4 is 0 Å². The molecule has 0 aromatic carbocycles. The number of nitrogens with zero attached hydrogens (tertiary/aromatic N) is 1. The Labute approximate surface area is 139 Å². The van der Waals surface area contributed by atoms with Crippen molar-refractivity contribution in [3.8, 4) is 0 Å². The lowest BCUT2D eigenvalue weighted by molar-refractivity contribution is -0.213. The molecule has 0 N–H and O–H groups in total. The van der Waals surface area contributed by atoms with Gasteiger partial charge in [0.25, 0.3) is 0 Å². The molecule has 1 rings (SSSR count). The third kappa shape index (κ3) is 5.70. The molecule has 23 heavy (non-hydrogen) atoms. The molecule has 128 valence electrons. The Hall–Kier alpha value is -1.83. The van der Waals surface area contributed by atoms with Crippen molar-refractivity contribution < 1.29 is 33.3 Å². The van der Waals surface area contributed by atoms with Gasteiger partial charge < -0.3 is 18.9 Å². The zero-order valence-corrected chi connectivity index (χ0v) is 14.1. The molecule has 8 nitrogen and oxygen atoms in total. The van der Waals surface area contributed by atoms with E-state index >= 15 is 0 Å². The van der Waals surface area contributed by atoms with Gasteiger partial charge in [0.05, 0.1) is 11.3 Å². The molecule has 0 spiro atoms. The number of rotatable bonds is 5. The number of isothiocyanates is 1. The van der Waals surface area contributed by atoms with Crippen molar-refractivity contribution in [2.45, 2.75) is 58.2 Å². The van der Waals surface area contributed by atoms with Gasteiger partial charge in [-0.2, -0.15) is 0 Å². The van der Waals surface area contributed by atoms with Gasteiger partial charge in [0, 0.05) is 20.8 Å². The van der Waals surface area contributed by atoms with E-state index in [1.54, 1.807) is 6.92 Å². The Balaban J connectivity index is 3.09. The normalized spacial score (nSPS) is 29.8. The van der Waals surface area contributed by atoms with Gasteiger partial charge in [0.1, 0.15) is 18.8 Å². The van der Waals surface area contributed by atoms with Crippen LogP contribution in [0.2, 0.25) is 0 Å². The minimum absolute atomic E-state index is 0.131. The quantitative estimate of drug-likeness (QED) is 0.310. The van der Waals surface area contributed by atoms with Crippen LogP contribution in [-0.2, 0) is 33.3 Å². The van der Waals surface area contributed by atoms with Crippen molar-refractivity contribution in [2.75, 3.05) is 6.61 Å². The number of aliphatic imine (C=N–C) groups is 1. The highest BCUT2D eigenvalue weighted by molar-refractivity contribution is 7.78. The van der Waals surface area contributed by atoms with Crippen molar-refractivity contribution >= 4 is 35.3 Å². The highest BCUT2D eigenvalue weighted by Crippen LogP contribution is 2.28. The largest absolute Gasteiger partial charge is 0.463 e. The van der Waals surface area contributed by atoms with Gasteiger partial charge >= 0.3 is 17.9 Å². The third-order valence-corrected chi connectivity index (χ3v) is 3.25. The van der Waals surface area contributed by atoms with Crippen LogP contribution in [0, 0.1) is 0 Å². The Morgan fingerprint density at radius 1 is 1.09 bits per heavy atom. The van der Waals surface area contributed by atoms with Crippen LogP contribution in [0.5, 0.6) is 0 Å². The van der Waals surface area contributed by atoms with Crippen LogP contribution in [0.25, 0.3) is 0 Å². The molecule has 1 saturated heterocycles. The summed E-state index contributed by atoms with van der Waals surface area (Å²) >= 11 is 4.63. The minimum Gasteiger partial charge on any atom is -0.463 e. The molecule has 5 unspecified atom stereocenters. The molecular formula is C14H19NO7S. The fourth-order valence-electron chi connectivity index (χ4n) is 2.35. The zero-order valence-electron chi connectivity index (χ0n) is 13.3. The highest BCUT2D eigenvalue weighted by atomic mass is 32.1. The summed E-state index contributed by atoms with van der Waals surface area (Å²) in [7, 11) is 0. The van der Waals surface area contributed by atoms with Crippen LogP contribution >= 0.6 is 12.2 Å². The number of esters is 3. The lowest BCUT2D eigenvalue weighted by atomic mass is 9.93. The van der Waals surface area contributed by atoms with E-state index in [9.17, 15) is 14.4 Å². The molecule has 0 saturated carbocycles. The third-order valence-electron chi connectivity index (χ3n) is 3.15. The van der Waals surface area contributed by atoms with E-state index in [0.717, 1.165) is 0 Å². The first-order valence-electron chi connectivity index (χ1n) is 6.96. The van der Waals surface area contributed by atoms with Gasteiger partial charge in [0.15, 0.2) is 12.2 Å². The van der Waals surface area contributed by atoms with E-state index in [-0.39, 0.29) is 6.61 Å². The molecular weight excluding hydrogens is 326 g/mol.